The van der Waals surface area contributed by atoms with Crippen LogP contribution in [0.2, 0.25) is 0 Å². The number of amides is 1. The summed E-state index contributed by atoms with van der Waals surface area (Å²) in [6, 6.07) is 9.29. The van der Waals surface area contributed by atoms with Gasteiger partial charge in [0, 0.05) is 10.4 Å². The van der Waals surface area contributed by atoms with Gasteiger partial charge in [0.05, 0.1) is 24.6 Å². The molecular weight excluding hydrogens is 493 g/mol. The van der Waals surface area contributed by atoms with Gasteiger partial charge in [-0.15, -0.1) is 11.3 Å². The van der Waals surface area contributed by atoms with E-state index in [1.807, 2.05) is 0 Å². The molecular formula is C25H21F3N4O3S. The molecule has 0 atom stereocenters. The minimum Gasteiger partial charge on any atom is -0.465 e. The molecule has 0 aliphatic heterocycles. The zero-order chi connectivity index (χ0) is 25.4. The molecule has 0 spiro atoms. The van der Waals surface area contributed by atoms with Crippen molar-refractivity contribution in [2.24, 2.45) is 0 Å². The van der Waals surface area contributed by atoms with Gasteiger partial charge in [0.15, 0.2) is 11.3 Å². The SMILES string of the molecule is COC(=O)c1c(NC(=O)c2cnn3c(C(F)(F)F)cc(-c4ccccc4)nc23)sc2c1CCCCC2. The molecule has 186 valence electrons. The smallest absolute Gasteiger partial charge is 0.433 e. The number of esters is 1. The van der Waals surface area contributed by atoms with Gasteiger partial charge in [0.1, 0.15) is 10.6 Å². The Balaban J connectivity index is 1.59. The van der Waals surface area contributed by atoms with Crippen molar-refractivity contribution in [3.8, 4) is 11.3 Å². The molecule has 0 unspecified atom stereocenters. The van der Waals surface area contributed by atoms with Crippen LogP contribution in [0.3, 0.4) is 0 Å². The lowest BCUT2D eigenvalue weighted by atomic mass is 10.1. The predicted octanol–water partition coefficient (Wildman–Crippen LogP) is 5.78. The maximum Gasteiger partial charge on any atom is 0.433 e. The number of benzene rings is 1. The second kappa shape index (κ2) is 9.38. The fraction of sp³-hybridized carbons (Fsp3) is 0.280. The van der Waals surface area contributed by atoms with Crippen molar-refractivity contribution >= 4 is 33.9 Å². The van der Waals surface area contributed by atoms with Gasteiger partial charge in [-0.05, 0) is 37.3 Å². The number of hydrogen-bond acceptors (Lipinski definition) is 6. The second-order valence-corrected chi connectivity index (χ2v) is 9.50. The highest BCUT2D eigenvalue weighted by atomic mass is 32.1. The summed E-state index contributed by atoms with van der Waals surface area (Å²) < 4.78 is 47.2. The summed E-state index contributed by atoms with van der Waals surface area (Å²) in [5.74, 6) is -1.27. The van der Waals surface area contributed by atoms with Gasteiger partial charge in [-0.3, -0.25) is 4.79 Å². The number of thiophene rings is 1. The van der Waals surface area contributed by atoms with Gasteiger partial charge in [0.25, 0.3) is 5.91 Å². The van der Waals surface area contributed by atoms with Crippen molar-refractivity contribution in [3.05, 3.63) is 69.9 Å². The van der Waals surface area contributed by atoms with Crippen molar-refractivity contribution in [1.82, 2.24) is 14.6 Å². The molecule has 1 amide bonds. The van der Waals surface area contributed by atoms with Gasteiger partial charge >= 0.3 is 12.1 Å². The van der Waals surface area contributed by atoms with Crippen molar-refractivity contribution in [1.29, 1.82) is 0 Å². The van der Waals surface area contributed by atoms with Crippen LogP contribution >= 0.6 is 11.3 Å². The third-order valence-corrected chi connectivity index (χ3v) is 7.32. The molecule has 1 aliphatic carbocycles. The largest absolute Gasteiger partial charge is 0.465 e. The van der Waals surface area contributed by atoms with E-state index in [-0.39, 0.29) is 16.9 Å². The van der Waals surface area contributed by atoms with Crippen LogP contribution in [0.1, 0.15) is 56.1 Å². The Kier molecular flexibility index (Phi) is 6.25. The summed E-state index contributed by atoms with van der Waals surface area (Å²) in [6.45, 7) is 0. The molecule has 11 heteroatoms. The number of nitrogens with zero attached hydrogens (tertiary/aromatic N) is 3. The molecule has 7 nitrogen and oxygen atoms in total. The summed E-state index contributed by atoms with van der Waals surface area (Å²) in [5, 5.41) is 6.85. The highest BCUT2D eigenvalue weighted by Gasteiger charge is 2.36. The Morgan fingerprint density at radius 3 is 2.58 bits per heavy atom. The number of aryl methyl sites for hydroxylation is 1. The number of aromatic nitrogens is 3. The van der Waals surface area contributed by atoms with Crippen LogP contribution in [0.5, 0.6) is 0 Å². The lowest BCUT2D eigenvalue weighted by molar-refractivity contribution is -0.142. The van der Waals surface area contributed by atoms with E-state index in [0.717, 1.165) is 48.4 Å². The molecule has 0 fully saturated rings. The van der Waals surface area contributed by atoms with Crippen molar-refractivity contribution in [2.75, 3.05) is 12.4 Å². The van der Waals surface area contributed by atoms with Crippen LogP contribution in [0, 0.1) is 0 Å². The summed E-state index contributed by atoms with van der Waals surface area (Å²) in [7, 11) is 1.27. The average molecular weight is 515 g/mol. The minimum atomic E-state index is -4.73. The number of fused-ring (bicyclic) bond motifs is 2. The normalized spacial score (nSPS) is 13.8. The first-order chi connectivity index (χ1) is 17.3. The highest BCUT2D eigenvalue weighted by molar-refractivity contribution is 7.17. The number of hydrogen-bond donors (Lipinski definition) is 1. The maximum atomic E-state index is 13.9. The number of methoxy groups -OCH3 is 1. The lowest BCUT2D eigenvalue weighted by Crippen LogP contribution is -2.16. The summed E-state index contributed by atoms with van der Waals surface area (Å²) >= 11 is 1.30. The minimum absolute atomic E-state index is 0.0584. The van der Waals surface area contributed by atoms with Crippen LogP contribution in [0.4, 0.5) is 18.2 Å². The summed E-state index contributed by atoms with van der Waals surface area (Å²) in [4.78, 5) is 31.3. The standard InChI is InChI=1S/C25H21F3N4O3S/c1-35-24(34)20-15-10-6-3-7-11-18(15)36-23(20)31-22(33)16-13-29-32-19(25(26,27)28)12-17(30-21(16)32)14-8-4-2-5-9-14/h2,4-5,8-9,12-13H,3,6-7,10-11H2,1H3,(H,31,33). The topological polar surface area (TPSA) is 85.6 Å². The number of nitrogens with one attached hydrogen (secondary N) is 1. The van der Waals surface area contributed by atoms with Gasteiger partial charge in [-0.2, -0.15) is 18.3 Å². The van der Waals surface area contributed by atoms with E-state index >= 15 is 0 Å². The monoisotopic (exact) mass is 514 g/mol. The van der Waals surface area contributed by atoms with E-state index in [4.69, 9.17) is 4.74 Å². The van der Waals surface area contributed by atoms with Crippen LogP contribution in [0.15, 0.2) is 42.6 Å². The van der Waals surface area contributed by atoms with Gasteiger partial charge in [-0.25, -0.2) is 14.3 Å². The number of ether oxygens (including phenoxy) is 1. The zero-order valence-corrected chi connectivity index (χ0v) is 20.0. The molecule has 36 heavy (non-hydrogen) atoms. The third-order valence-electron chi connectivity index (χ3n) is 6.11. The van der Waals surface area contributed by atoms with Crippen molar-refractivity contribution in [3.63, 3.8) is 0 Å². The van der Waals surface area contributed by atoms with Crippen molar-refractivity contribution < 1.29 is 27.5 Å². The molecule has 3 aromatic heterocycles. The van der Waals surface area contributed by atoms with Crippen LogP contribution in [-0.2, 0) is 23.8 Å². The lowest BCUT2D eigenvalue weighted by Gasteiger charge is -2.12. The van der Waals surface area contributed by atoms with E-state index in [1.165, 1.54) is 18.4 Å². The van der Waals surface area contributed by atoms with E-state index in [1.54, 1.807) is 30.3 Å². The van der Waals surface area contributed by atoms with Crippen LogP contribution in [0.25, 0.3) is 16.9 Å². The first-order valence-corrected chi connectivity index (χ1v) is 12.1. The maximum absolute atomic E-state index is 13.9. The molecule has 5 rings (SSSR count). The Bertz CT molecular complexity index is 1460. The number of rotatable bonds is 4. The molecule has 1 aliphatic rings. The van der Waals surface area contributed by atoms with E-state index in [9.17, 15) is 22.8 Å². The first kappa shape index (κ1) is 24.0. The van der Waals surface area contributed by atoms with Crippen molar-refractivity contribution in [2.45, 2.75) is 38.3 Å². The molecule has 1 aromatic carbocycles. The van der Waals surface area contributed by atoms with Crippen LogP contribution in [-0.4, -0.2) is 33.6 Å². The first-order valence-electron chi connectivity index (χ1n) is 11.3. The Labute approximate surface area is 207 Å². The van der Waals surface area contributed by atoms with Gasteiger partial charge in [-0.1, -0.05) is 36.8 Å². The fourth-order valence-corrected chi connectivity index (χ4v) is 5.67. The third kappa shape index (κ3) is 4.34. The van der Waals surface area contributed by atoms with Gasteiger partial charge < -0.3 is 10.1 Å². The average Bonchev–Trinajstić information content (AvgIpc) is 3.36. The molecule has 1 N–H and O–H groups in total. The fourth-order valence-electron chi connectivity index (χ4n) is 4.40. The van der Waals surface area contributed by atoms with E-state index in [2.05, 4.69) is 15.4 Å². The molecule has 4 aromatic rings. The number of anilines is 1. The number of carbonyl (C=O) groups is 2. The molecule has 0 bridgehead atoms. The summed E-state index contributed by atoms with van der Waals surface area (Å²) in [5.41, 5.74) is 0.262. The summed E-state index contributed by atoms with van der Waals surface area (Å²) in [6.07, 6.45) is 0.742. The quantitative estimate of drug-likeness (QED) is 0.276. The highest BCUT2D eigenvalue weighted by Crippen LogP contribution is 2.38. The molecule has 0 saturated heterocycles. The Morgan fingerprint density at radius 1 is 1.11 bits per heavy atom. The Hall–Kier alpha value is -3.73. The molecule has 0 radical (unpaired) electrons. The predicted molar refractivity (Wildman–Crippen MR) is 128 cm³/mol. The number of halogens is 3. The van der Waals surface area contributed by atoms with Crippen LogP contribution < -0.4 is 5.32 Å². The molecule has 3 heterocycles. The van der Waals surface area contributed by atoms with E-state index in [0.29, 0.717) is 27.1 Å². The van der Waals surface area contributed by atoms with Gasteiger partial charge in [0.2, 0.25) is 0 Å². The Morgan fingerprint density at radius 2 is 1.86 bits per heavy atom. The number of alkyl halides is 3. The zero-order valence-electron chi connectivity index (χ0n) is 19.2. The second-order valence-electron chi connectivity index (χ2n) is 8.40. The van der Waals surface area contributed by atoms with E-state index < -0.39 is 23.7 Å². The number of carbonyl (C=O) groups excluding carboxylic acids is 2. The molecule has 0 saturated carbocycles.